The van der Waals surface area contributed by atoms with Gasteiger partial charge in [-0.1, -0.05) is 33.6 Å². The van der Waals surface area contributed by atoms with Crippen LogP contribution in [0.2, 0.25) is 5.02 Å². The van der Waals surface area contributed by atoms with Crippen LogP contribution in [0.3, 0.4) is 0 Å². The zero-order valence-electron chi connectivity index (χ0n) is 10.3. The number of rotatable bonds is 7. The molecule has 0 heterocycles. The van der Waals surface area contributed by atoms with E-state index in [4.69, 9.17) is 16.3 Å². The summed E-state index contributed by atoms with van der Waals surface area (Å²) in [5, 5.41) is 4.14. The lowest BCUT2D eigenvalue weighted by atomic mass is 10.1. The predicted molar refractivity (Wildman–Crippen MR) is 77.8 cm³/mol. The van der Waals surface area contributed by atoms with E-state index in [0.29, 0.717) is 30.3 Å². The minimum atomic E-state index is -0.138. The normalized spacial score (nSPS) is 10.4. The van der Waals surface area contributed by atoms with E-state index in [1.807, 2.05) is 13.0 Å². The average molecular weight is 335 g/mol. The van der Waals surface area contributed by atoms with Gasteiger partial charge in [0.1, 0.15) is 0 Å². The van der Waals surface area contributed by atoms with E-state index in [9.17, 15) is 4.79 Å². The first kappa shape index (κ1) is 15.5. The Balaban J connectivity index is 2.32. The molecule has 0 aliphatic heterocycles. The van der Waals surface area contributed by atoms with Crippen LogP contribution in [0.25, 0.3) is 0 Å². The molecule has 0 aliphatic rings. The molecule has 0 fully saturated rings. The maximum atomic E-state index is 11.8. The number of carbonyl (C=O) groups excluding carboxylic acids is 1. The van der Waals surface area contributed by atoms with Gasteiger partial charge in [-0.2, -0.15) is 0 Å². The molecule has 0 atom stereocenters. The lowest BCUT2D eigenvalue weighted by Crippen LogP contribution is -2.25. The molecule has 3 nitrogen and oxygen atoms in total. The second-order valence-electron chi connectivity index (χ2n) is 3.89. The Bertz CT molecular complexity index is 399. The van der Waals surface area contributed by atoms with Crippen molar-refractivity contribution in [3.8, 4) is 0 Å². The van der Waals surface area contributed by atoms with Crippen LogP contribution in [0, 0.1) is 6.92 Å². The lowest BCUT2D eigenvalue weighted by molar-refractivity contribution is 0.0945. The van der Waals surface area contributed by atoms with Crippen molar-refractivity contribution < 1.29 is 9.53 Å². The predicted octanol–water partition coefficient (Wildman–Crippen LogP) is 3.18. The first-order chi connectivity index (χ1) is 8.65. The first-order valence-corrected chi connectivity index (χ1v) is 7.33. The molecule has 100 valence electrons. The van der Waals surface area contributed by atoms with Crippen molar-refractivity contribution >= 4 is 33.4 Å². The molecule has 0 spiro atoms. The number of carbonyl (C=O) groups is 1. The Kier molecular flexibility index (Phi) is 7.32. The Hall–Kier alpha value is -0.580. The van der Waals surface area contributed by atoms with Gasteiger partial charge in [0.05, 0.1) is 17.2 Å². The number of nitrogens with one attached hydrogen (secondary N) is 1. The van der Waals surface area contributed by atoms with Crippen LogP contribution in [-0.4, -0.2) is 31.0 Å². The summed E-state index contributed by atoms with van der Waals surface area (Å²) in [4.78, 5) is 11.8. The molecule has 0 saturated heterocycles. The van der Waals surface area contributed by atoms with Crippen molar-refractivity contribution in [2.24, 2.45) is 0 Å². The highest BCUT2D eigenvalue weighted by Gasteiger charge is 2.09. The van der Waals surface area contributed by atoms with Gasteiger partial charge in [0.25, 0.3) is 5.91 Å². The zero-order valence-corrected chi connectivity index (χ0v) is 12.7. The third kappa shape index (κ3) is 5.38. The number of benzene rings is 1. The monoisotopic (exact) mass is 333 g/mol. The molecular formula is C13H17BrClNO2. The van der Waals surface area contributed by atoms with Crippen molar-refractivity contribution in [3.63, 3.8) is 0 Å². The molecule has 5 heteroatoms. The molecule has 1 aromatic rings. The highest BCUT2D eigenvalue weighted by molar-refractivity contribution is 9.09. The summed E-state index contributed by atoms with van der Waals surface area (Å²) in [6, 6.07) is 5.41. The van der Waals surface area contributed by atoms with Gasteiger partial charge in [-0.3, -0.25) is 4.79 Å². The molecule has 1 amide bonds. The Morgan fingerprint density at radius 3 is 2.89 bits per heavy atom. The van der Waals surface area contributed by atoms with E-state index in [2.05, 4.69) is 21.2 Å². The van der Waals surface area contributed by atoms with Gasteiger partial charge < -0.3 is 10.1 Å². The Morgan fingerprint density at radius 2 is 2.22 bits per heavy atom. The summed E-state index contributed by atoms with van der Waals surface area (Å²) in [5.41, 5.74) is 1.56. The maximum absolute atomic E-state index is 11.8. The van der Waals surface area contributed by atoms with Crippen molar-refractivity contribution in [2.75, 3.05) is 25.1 Å². The summed E-state index contributed by atoms with van der Waals surface area (Å²) in [6.45, 7) is 3.87. The van der Waals surface area contributed by atoms with E-state index in [1.54, 1.807) is 12.1 Å². The van der Waals surface area contributed by atoms with E-state index < -0.39 is 0 Å². The number of halogens is 2. The number of amides is 1. The van der Waals surface area contributed by atoms with Gasteiger partial charge in [-0.25, -0.2) is 0 Å². The SMILES string of the molecule is Cc1ccc(C(=O)NCCCOCCBr)c(Cl)c1. The van der Waals surface area contributed by atoms with Gasteiger partial charge in [-0.15, -0.1) is 0 Å². The molecule has 0 aliphatic carbocycles. The van der Waals surface area contributed by atoms with Crippen molar-refractivity contribution in [2.45, 2.75) is 13.3 Å². The number of ether oxygens (including phenoxy) is 1. The lowest BCUT2D eigenvalue weighted by Gasteiger charge is -2.07. The smallest absolute Gasteiger partial charge is 0.252 e. The standard InChI is InChI=1S/C13H17BrClNO2/c1-10-3-4-11(12(15)9-10)13(17)16-6-2-7-18-8-5-14/h3-4,9H,2,5-8H2,1H3,(H,16,17). The molecule has 18 heavy (non-hydrogen) atoms. The molecule has 1 rings (SSSR count). The third-order valence-electron chi connectivity index (χ3n) is 2.34. The molecule has 0 aromatic heterocycles. The number of hydrogen-bond donors (Lipinski definition) is 1. The summed E-state index contributed by atoms with van der Waals surface area (Å²) < 4.78 is 5.29. The molecule has 1 aromatic carbocycles. The van der Waals surface area contributed by atoms with E-state index >= 15 is 0 Å². The highest BCUT2D eigenvalue weighted by Crippen LogP contribution is 2.17. The second kappa shape index (κ2) is 8.51. The van der Waals surface area contributed by atoms with Gasteiger partial charge in [0.15, 0.2) is 0 Å². The minimum Gasteiger partial charge on any atom is -0.381 e. The van der Waals surface area contributed by atoms with Crippen molar-refractivity contribution in [3.05, 3.63) is 34.3 Å². The van der Waals surface area contributed by atoms with Crippen LogP contribution >= 0.6 is 27.5 Å². The summed E-state index contributed by atoms with van der Waals surface area (Å²) in [5.74, 6) is -0.138. The number of aryl methyl sites for hydroxylation is 1. The van der Waals surface area contributed by atoms with Crippen molar-refractivity contribution in [1.82, 2.24) is 5.32 Å². The van der Waals surface area contributed by atoms with Crippen LogP contribution in [0.1, 0.15) is 22.3 Å². The van der Waals surface area contributed by atoms with Crippen LogP contribution in [-0.2, 0) is 4.74 Å². The third-order valence-corrected chi connectivity index (χ3v) is 2.98. The summed E-state index contributed by atoms with van der Waals surface area (Å²) >= 11 is 9.29. The molecule has 0 radical (unpaired) electrons. The first-order valence-electron chi connectivity index (χ1n) is 5.83. The maximum Gasteiger partial charge on any atom is 0.252 e. The van der Waals surface area contributed by atoms with Crippen LogP contribution in [0.4, 0.5) is 0 Å². The average Bonchev–Trinajstić information content (AvgIpc) is 2.33. The molecule has 0 bridgehead atoms. The summed E-state index contributed by atoms with van der Waals surface area (Å²) in [6.07, 6.45) is 0.794. The Labute approximate surface area is 121 Å². The van der Waals surface area contributed by atoms with E-state index in [-0.39, 0.29) is 5.91 Å². The Morgan fingerprint density at radius 1 is 1.44 bits per heavy atom. The number of alkyl halides is 1. The largest absolute Gasteiger partial charge is 0.381 e. The summed E-state index contributed by atoms with van der Waals surface area (Å²) in [7, 11) is 0. The van der Waals surface area contributed by atoms with E-state index in [0.717, 1.165) is 17.3 Å². The van der Waals surface area contributed by atoms with Crippen LogP contribution < -0.4 is 5.32 Å². The fourth-order valence-electron chi connectivity index (χ4n) is 1.43. The fourth-order valence-corrected chi connectivity index (χ4v) is 1.98. The van der Waals surface area contributed by atoms with Crippen LogP contribution in [0.15, 0.2) is 18.2 Å². The molecule has 0 saturated carbocycles. The topological polar surface area (TPSA) is 38.3 Å². The number of hydrogen-bond acceptors (Lipinski definition) is 2. The molecular weight excluding hydrogens is 318 g/mol. The fraction of sp³-hybridized carbons (Fsp3) is 0.462. The van der Waals surface area contributed by atoms with Gasteiger partial charge in [0, 0.05) is 18.5 Å². The van der Waals surface area contributed by atoms with E-state index in [1.165, 1.54) is 0 Å². The zero-order chi connectivity index (χ0) is 13.4. The van der Waals surface area contributed by atoms with Crippen LogP contribution in [0.5, 0.6) is 0 Å². The second-order valence-corrected chi connectivity index (χ2v) is 5.09. The van der Waals surface area contributed by atoms with Gasteiger partial charge in [-0.05, 0) is 31.0 Å². The molecule has 0 unspecified atom stereocenters. The minimum absolute atomic E-state index is 0.138. The van der Waals surface area contributed by atoms with Crippen molar-refractivity contribution in [1.29, 1.82) is 0 Å². The van der Waals surface area contributed by atoms with Gasteiger partial charge >= 0.3 is 0 Å². The quantitative estimate of drug-likeness (QED) is 0.614. The highest BCUT2D eigenvalue weighted by atomic mass is 79.9. The molecule has 1 N–H and O–H groups in total. The van der Waals surface area contributed by atoms with Gasteiger partial charge in [0.2, 0.25) is 0 Å².